The molecule has 2 unspecified atom stereocenters. The van der Waals surface area contributed by atoms with E-state index in [2.05, 4.69) is 17.6 Å². The molecule has 2 N–H and O–H groups in total. The number of hydrogen-bond donors (Lipinski definition) is 2. The number of rotatable bonds is 4. The average Bonchev–Trinajstić information content (AvgIpc) is 2.78. The second-order valence-corrected chi connectivity index (χ2v) is 6.56. The maximum Gasteiger partial charge on any atom is 0.237 e. The highest BCUT2D eigenvalue weighted by molar-refractivity contribution is 7.99. The molecule has 4 heteroatoms. The van der Waals surface area contributed by atoms with Crippen molar-refractivity contribution in [1.82, 2.24) is 10.6 Å². The van der Waals surface area contributed by atoms with E-state index >= 15 is 0 Å². The summed E-state index contributed by atoms with van der Waals surface area (Å²) in [6.07, 6.45) is 7.09. The molecule has 98 valence electrons. The molecule has 1 heterocycles. The Labute approximate surface area is 108 Å². The van der Waals surface area contributed by atoms with Crippen molar-refractivity contribution < 1.29 is 4.79 Å². The lowest BCUT2D eigenvalue weighted by molar-refractivity contribution is -0.124. The van der Waals surface area contributed by atoms with Gasteiger partial charge in [-0.25, -0.2) is 0 Å². The second-order valence-electron chi connectivity index (χ2n) is 5.04. The lowest BCUT2D eigenvalue weighted by Gasteiger charge is -2.26. The molecular formula is C13H24N2OS. The van der Waals surface area contributed by atoms with Crippen LogP contribution in [0.5, 0.6) is 0 Å². The van der Waals surface area contributed by atoms with E-state index < -0.39 is 0 Å². The molecule has 2 aliphatic rings. The van der Waals surface area contributed by atoms with Gasteiger partial charge >= 0.3 is 0 Å². The predicted octanol–water partition coefficient (Wildman–Crippen LogP) is 1.92. The molecule has 2 rings (SSSR count). The molecule has 0 spiro atoms. The van der Waals surface area contributed by atoms with Gasteiger partial charge < -0.3 is 10.6 Å². The topological polar surface area (TPSA) is 41.1 Å². The van der Waals surface area contributed by atoms with E-state index in [9.17, 15) is 4.79 Å². The minimum absolute atomic E-state index is 0.0663. The van der Waals surface area contributed by atoms with Gasteiger partial charge in [0.25, 0.3) is 0 Å². The van der Waals surface area contributed by atoms with Crippen molar-refractivity contribution in [3.05, 3.63) is 0 Å². The van der Waals surface area contributed by atoms with E-state index in [1.54, 1.807) is 0 Å². The van der Waals surface area contributed by atoms with Crippen LogP contribution in [0.25, 0.3) is 0 Å². The van der Waals surface area contributed by atoms with Crippen LogP contribution in [0, 0.1) is 0 Å². The van der Waals surface area contributed by atoms with Crippen LogP contribution in [0.1, 0.15) is 45.4 Å². The molecule has 17 heavy (non-hydrogen) atoms. The predicted molar refractivity (Wildman–Crippen MR) is 73.3 cm³/mol. The van der Waals surface area contributed by atoms with Crippen molar-refractivity contribution in [3.8, 4) is 0 Å². The van der Waals surface area contributed by atoms with E-state index in [1.807, 2.05) is 11.8 Å². The van der Waals surface area contributed by atoms with Crippen LogP contribution in [-0.4, -0.2) is 35.5 Å². The molecule has 3 atom stereocenters. The molecule has 1 saturated carbocycles. The molecule has 0 radical (unpaired) electrons. The molecule has 0 aromatic rings. The summed E-state index contributed by atoms with van der Waals surface area (Å²) in [5.74, 6) is 1.39. The standard InChI is InChI=1S/C13H24N2OS/c1-2-17-12-8-5-7-10(12)15-13(16)11-6-3-4-9-14-11/h10-12,14H,2-9H2,1H3,(H,15,16)/t10?,11-,12?/m1/s1. The fraction of sp³-hybridized carbons (Fsp3) is 0.923. The average molecular weight is 256 g/mol. The number of carbonyl (C=O) groups is 1. The van der Waals surface area contributed by atoms with E-state index in [0.717, 1.165) is 25.1 Å². The number of nitrogens with one attached hydrogen (secondary N) is 2. The normalized spacial score (nSPS) is 33.6. The summed E-state index contributed by atoms with van der Waals surface area (Å²) in [6, 6.07) is 0.479. The first kappa shape index (κ1) is 13.2. The number of piperidine rings is 1. The van der Waals surface area contributed by atoms with E-state index in [0.29, 0.717) is 11.3 Å². The molecule has 1 amide bonds. The van der Waals surface area contributed by atoms with Crippen LogP contribution >= 0.6 is 11.8 Å². The fourth-order valence-electron chi connectivity index (χ4n) is 2.86. The maximum absolute atomic E-state index is 12.1. The Hall–Kier alpha value is -0.220. The van der Waals surface area contributed by atoms with Crippen molar-refractivity contribution in [1.29, 1.82) is 0 Å². The first-order valence-electron chi connectivity index (χ1n) is 6.96. The minimum atomic E-state index is 0.0663. The van der Waals surface area contributed by atoms with Crippen LogP contribution in [0.3, 0.4) is 0 Å². The van der Waals surface area contributed by atoms with Gasteiger partial charge in [0.15, 0.2) is 0 Å². The van der Waals surface area contributed by atoms with Crippen LogP contribution in [0.2, 0.25) is 0 Å². The van der Waals surface area contributed by atoms with Crippen molar-refractivity contribution in [2.24, 2.45) is 0 Å². The van der Waals surface area contributed by atoms with Crippen molar-refractivity contribution >= 4 is 17.7 Å². The second kappa shape index (κ2) is 6.64. The van der Waals surface area contributed by atoms with Gasteiger partial charge in [0.05, 0.1) is 6.04 Å². The van der Waals surface area contributed by atoms with E-state index in [4.69, 9.17) is 0 Å². The third-order valence-corrected chi connectivity index (χ3v) is 5.11. The molecule has 0 aromatic heterocycles. The molecule has 1 aliphatic carbocycles. The van der Waals surface area contributed by atoms with Gasteiger partial charge in [-0.2, -0.15) is 11.8 Å². The fourth-order valence-corrected chi connectivity index (χ4v) is 4.06. The Bertz CT molecular complexity index is 254. The highest BCUT2D eigenvalue weighted by atomic mass is 32.2. The van der Waals surface area contributed by atoms with Crippen LogP contribution in [0.15, 0.2) is 0 Å². The third kappa shape index (κ3) is 3.62. The maximum atomic E-state index is 12.1. The summed E-state index contributed by atoms with van der Waals surface area (Å²) in [4.78, 5) is 12.1. The van der Waals surface area contributed by atoms with Crippen molar-refractivity contribution in [2.75, 3.05) is 12.3 Å². The smallest absolute Gasteiger partial charge is 0.237 e. The molecule has 1 saturated heterocycles. The Morgan fingerprint density at radius 2 is 2.18 bits per heavy atom. The largest absolute Gasteiger partial charge is 0.351 e. The number of thioether (sulfide) groups is 1. The third-order valence-electron chi connectivity index (χ3n) is 3.79. The van der Waals surface area contributed by atoms with Crippen LogP contribution in [-0.2, 0) is 4.79 Å². The molecule has 0 aromatic carbocycles. The summed E-state index contributed by atoms with van der Waals surface area (Å²) in [6.45, 7) is 3.19. The Morgan fingerprint density at radius 1 is 1.29 bits per heavy atom. The summed E-state index contributed by atoms with van der Waals surface area (Å²) in [5, 5.41) is 7.23. The Balaban J connectivity index is 1.80. The molecule has 1 aliphatic heterocycles. The number of hydrogen-bond acceptors (Lipinski definition) is 3. The zero-order valence-electron chi connectivity index (χ0n) is 10.7. The van der Waals surface area contributed by atoms with Gasteiger partial charge in [-0.15, -0.1) is 0 Å². The molecular weight excluding hydrogens is 232 g/mol. The highest BCUT2D eigenvalue weighted by Gasteiger charge is 2.30. The highest BCUT2D eigenvalue weighted by Crippen LogP contribution is 2.30. The monoisotopic (exact) mass is 256 g/mol. The number of amides is 1. The van der Waals surface area contributed by atoms with Gasteiger partial charge in [-0.1, -0.05) is 19.8 Å². The lowest BCUT2D eigenvalue weighted by atomic mass is 10.0. The molecule has 3 nitrogen and oxygen atoms in total. The first-order chi connectivity index (χ1) is 8.31. The minimum Gasteiger partial charge on any atom is -0.351 e. The van der Waals surface area contributed by atoms with Crippen molar-refractivity contribution in [2.45, 2.75) is 62.8 Å². The summed E-state index contributed by atoms with van der Waals surface area (Å²) >= 11 is 2.00. The van der Waals surface area contributed by atoms with Gasteiger partial charge in [-0.3, -0.25) is 4.79 Å². The first-order valence-corrected chi connectivity index (χ1v) is 8.01. The van der Waals surface area contributed by atoms with E-state index in [1.165, 1.54) is 25.7 Å². The van der Waals surface area contributed by atoms with Gasteiger partial charge in [-0.05, 0) is 38.0 Å². The van der Waals surface area contributed by atoms with Crippen LogP contribution < -0.4 is 10.6 Å². The van der Waals surface area contributed by atoms with Crippen LogP contribution in [0.4, 0.5) is 0 Å². The van der Waals surface area contributed by atoms with Crippen molar-refractivity contribution in [3.63, 3.8) is 0 Å². The van der Waals surface area contributed by atoms with Gasteiger partial charge in [0.2, 0.25) is 5.91 Å². The van der Waals surface area contributed by atoms with Gasteiger partial charge in [0.1, 0.15) is 0 Å². The molecule has 0 bridgehead atoms. The molecule has 2 fully saturated rings. The SMILES string of the molecule is CCSC1CCCC1NC(=O)[C@H]1CCCCN1. The zero-order chi connectivity index (χ0) is 12.1. The van der Waals surface area contributed by atoms with E-state index in [-0.39, 0.29) is 11.9 Å². The summed E-state index contributed by atoms with van der Waals surface area (Å²) < 4.78 is 0. The van der Waals surface area contributed by atoms with Gasteiger partial charge in [0, 0.05) is 11.3 Å². The summed E-state index contributed by atoms with van der Waals surface area (Å²) in [5.41, 5.74) is 0. The summed E-state index contributed by atoms with van der Waals surface area (Å²) in [7, 11) is 0. The number of carbonyl (C=O) groups excluding carboxylic acids is 1. The Kier molecular flexibility index (Phi) is 5.16. The lowest BCUT2D eigenvalue weighted by Crippen LogP contribution is -2.50. The quantitative estimate of drug-likeness (QED) is 0.807. The zero-order valence-corrected chi connectivity index (χ0v) is 11.5. The Morgan fingerprint density at radius 3 is 2.88 bits per heavy atom.